The summed E-state index contributed by atoms with van der Waals surface area (Å²) in [6.07, 6.45) is 4.59. The summed E-state index contributed by atoms with van der Waals surface area (Å²) in [5.41, 5.74) is 3.53. The minimum Gasteiger partial charge on any atom is -0.390 e. The highest BCUT2D eigenvalue weighted by atomic mass is 16.3. The number of hydrogen-bond acceptors (Lipinski definition) is 2. The van der Waals surface area contributed by atoms with Crippen LogP contribution in [-0.4, -0.2) is 34.6 Å². The number of piperidine rings is 1. The minimum atomic E-state index is -0.609. The van der Waals surface area contributed by atoms with Crippen molar-refractivity contribution in [3.05, 3.63) is 34.9 Å². The van der Waals surface area contributed by atoms with Crippen molar-refractivity contribution in [2.24, 2.45) is 11.8 Å². The highest BCUT2D eigenvalue weighted by molar-refractivity contribution is 5.80. The molecule has 1 saturated heterocycles. The predicted molar refractivity (Wildman–Crippen MR) is 92.3 cm³/mol. The zero-order valence-corrected chi connectivity index (χ0v) is 14.6. The van der Waals surface area contributed by atoms with Crippen LogP contribution >= 0.6 is 0 Å². The molecule has 2 aliphatic rings. The van der Waals surface area contributed by atoms with Gasteiger partial charge in [0, 0.05) is 19.0 Å². The van der Waals surface area contributed by atoms with Gasteiger partial charge >= 0.3 is 0 Å². The van der Waals surface area contributed by atoms with Gasteiger partial charge in [-0.15, -0.1) is 0 Å². The van der Waals surface area contributed by atoms with Gasteiger partial charge in [0.15, 0.2) is 0 Å². The van der Waals surface area contributed by atoms with Crippen LogP contribution in [0, 0.1) is 25.7 Å². The number of hydrogen-bond donors (Lipinski definition) is 1. The first-order valence-electron chi connectivity index (χ1n) is 8.91. The van der Waals surface area contributed by atoms with Crippen LogP contribution in [0.4, 0.5) is 0 Å². The van der Waals surface area contributed by atoms with E-state index >= 15 is 0 Å². The van der Waals surface area contributed by atoms with Crippen molar-refractivity contribution in [2.75, 3.05) is 13.1 Å². The second kappa shape index (κ2) is 6.27. The SMILES string of the molecule is Cc1ccc(CC2CCN(C(=O)C3CC(C)(O)C3)CC2)cc1C. The zero-order chi connectivity index (χ0) is 16.6. The van der Waals surface area contributed by atoms with Crippen molar-refractivity contribution < 1.29 is 9.90 Å². The first kappa shape index (κ1) is 16.5. The maximum atomic E-state index is 12.4. The van der Waals surface area contributed by atoms with Crippen LogP contribution in [0.1, 0.15) is 49.3 Å². The molecule has 23 heavy (non-hydrogen) atoms. The van der Waals surface area contributed by atoms with Crippen molar-refractivity contribution >= 4 is 5.91 Å². The molecule has 1 heterocycles. The van der Waals surface area contributed by atoms with Crippen LogP contribution in [0.15, 0.2) is 18.2 Å². The number of aliphatic hydroxyl groups is 1. The molecule has 1 aliphatic heterocycles. The first-order valence-corrected chi connectivity index (χ1v) is 8.91. The van der Waals surface area contributed by atoms with Crippen LogP contribution in [0.2, 0.25) is 0 Å². The second-order valence-corrected chi connectivity index (χ2v) is 7.99. The lowest BCUT2D eigenvalue weighted by molar-refractivity contribution is -0.151. The quantitative estimate of drug-likeness (QED) is 0.930. The Morgan fingerprint density at radius 1 is 1.22 bits per heavy atom. The Morgan fingerprint density at radius 2 is 1.87 bits per heavy atom. The molecule has 0 unspecified atom stereocenters. The molecule has 1 aromatic carbocycles. The average Bonchev–Trinajstić information content (AvgIpc) is 2.48. The fourth-order valence-electron chi connectivity index (χ4n) is 4.06. The van der Waals surface area contributed by atoms with Gasteiger partial charge < -0.3 is 10.0 Å². The van der Waals surface area contributed by atoms with E-state index in [1.165, 1.54) is 16.7 Å². The minimum absolute atomic E-state index is 0.0568. The van der Waals surface area contributed by atoms with Gasteiger partial charge in [-0.3, -0.25) is 4.79 Å². The fourth-order valence-corrected chi connectivity index (χ4v) is 4.06. The maximum Gasteiger partial charge on any atom is 0.225 e. The number of rotatable bonds is 3. The lowest BCUT2D eigenvalue weighted by atomic mass is 9.71. The van der Waals surface area contributed by atoms with Crippen molar-refractivity contribution in [3.63, 3.8) is 0 Å². The summed E-state index contributed by atoms with van der Waals surface area (Å²) >= 11 is 0. The van der Waals surface area contributed by atoms with Gasteiger partial charge in [0.05, 0.1) is 5.60 Å². The molecule has 0 spiro atoms. The molecule has 1 aromatic rings. The second-order valence-electron chi connectivity index (χ2n) is 7.99. The number of likely N-dealkylation sites (tertiary alicyclic amines) is 1. The Balaban J connectivity index is 1.48. The van der Waals surface area contributed by atoms with Gasteiger partial charge in [-0.25, -0.2) is 0 Å². The summed E-state index contributed by atoms with van der Waals surface area (Å²) in [7, 11) is 0. The summed E-state index contributed by atoms with van der Waals surface area (Å²) in [5, 5.41) is 9.81. The Bertz CT molecular complexity index is 577. The van der Waals surface area contributed by atoms with E-state index < -0.39 is 5.60 Å². The Labute approximate surface area is 139 Å². The lowest BCUT2D eigenvalue weighted by Crippen LogP contribution is -2.51. The molecule has 0 aromatic heterocycles. The molecule has 2 fully saturated rings. The molecule has 1 N–H and O–H groups in total. The normalized spacial score (nSPS) is 28.5. The van der Waals surface area contributed by atoms with E-state index in [-0.39, 0.29) is 11.8 Å². The summed E-state index contributed by atoms with van der Waals surface area (Å²) in [4.78, 5) is 14.5. The van der Waals surface area contributed by atoms with Crippen LogP contribution in [0.3, 0.4) is 0 Å². The van der Waals surface area contributed by atoms with Gasteiger partial charge in [-0.2, -0.15) is 0 Å². The molecule has 1 amide bonds. The van der Waals surface area contributed by atoms with Crippen LogP contribution < -0.4 is 0 Å². The molecule has 0 atom stereocenters. The van der Waals surface area contributed by atoms with Gasteiger partial charge in [0.1, 0.15) is 0 Å². The first-order chi connectivity index (χ1) is 10.8. The molecule has 0 bridgehead atoms. The van der Waals surface area contributed by atoms with Crippen molar-refractivity contribution in [2.45, 2.75) is 58.5 Å². The Morgan fingerprint density at radius 3 is 2.43 bits per heavy atom. The van der Waals surface area contributed by atoms with Crippen molar-refractivity contribution in [3.8, 4) is 0 Å². The summed E-state index contributed by atoms with van der Waals surface area (Å²) in [6.45, 7) is 7.92. The summed E-state index contributed by atoms with van der Waals surface area (Å²) in [6, 6.07) is 6.77. The topological polar surface area (TPSA) is 40.5 Å². The van der Waals surface area contributed by atoms with Crippen LogP contribution in [0.25, 0.3) is 0 Å². The van der Waals surface area contributed by atoms with E-state index in [9.17, 15) is 9.90 Å². The zero-order valence-electron chi connectivity index (χ0n) is 14.6. The van der Waals surface area contributed by atoms with E-state index in [1.807, 2.05) is 11.8 Å². The molecule has 1 aliphatic carbocycles. The molecule has 126 valence electrons. The van der Waals surface area contributed by atoms with Gasteiger partial charge in [-0.05, 0) is 75.5 Å². The summed E-state index contributed by atoms with van der Waals surface area (Å²) < 4.78 is 0. The molecular formula is C20H29NO2. The van der Waals surface area contributed by atoms with Crippen LogP contribution in [-0.2, 0) is 11.2 Å². The number of nitrogens with zero attached hydrogens (tertiary/aromatic N) is 1. The molecule has 0 radical (unpaired) electrons. The molecule has 3 rings (SSSR count). The van der Waals surface area contributed by atoms with Crippen molar-refractivity contribution in [1.82, 2.24) is 4.90 Å². The molecule has 3 heteroatoms. The smallest absolute Gasteiger partial charge is 0.225 e. The Hall–Kier alpha value is -1.35. The van der Waals surface area contributed by atoms with Gasteiger partial charge in [0.2, 0.25) is 5.91 Å². The largest absolute Gasteiger partial charge is 0.390 e. The standard InChI is InChI=1S/C20H29NO2/c1-14-4-5-17(10-15(14)2)11-16-6-8-21(9-7-16)19(22)18-12-20(3,23)13-18/h4-5,10,16,18,23H,6-9,11-13H2,1-3H3. The fraction of sp³-hybridized carbons (Fsp3) is 0.650. The predicted octanol–water partition coefficient (Wildman–Crippen LogP) is 3.25. The van der Waals surface area contributed by atoms with E-state index in [0.29, 0.717) is 18.8 Å². The monoisotopic (exact) mass is 315 g/mol. The summed E-state index contributed by atoms with van der Waals surface area (Å²) in [5.74, 6) is 1.01. The number of carbonyl (C=O) groups excluding carboxylic acids is 1. The lowest BCUT2D eigenvalue weighted by Gasteiger charge is -2.43. The van der Waals surface area contributed by atoms with E-state index in [0.717, 1.165) is 32.4 Å². The third kappa shape index (κ3) is 3.77. The highest BCUT2D eigenvalue weighted by Gasteiger charge is 2.44. The van der Waals surface area contributed by atoms with Gasteiger partial charge in [-0.1, -0.05) is 18.2 Å². The highest BCUT2D eigenvalue weighted by Crippen LogP contribution is 2.39. The van der Waals surface area contributed by atoms with Crippen LogP contribution in [0.5, 0.6) is 0 Å². The van der Waals surface area contributed by atoms with E-state index in [2.05, 4.69) is 32.0 Å². The molecule has 3 nitrogen and oxygen atoms in total. The average molecular weight is 315 g/mol. The third-order valence-electron chi connectivity index (χ3n) is 5.74. The molecular weight excluding hydrogens is 286 g/mol. The van der Waals surface area contributed by atoms with Crippen molar-refractivity contribution in [1.29, 1.82) is 0 Å². The number of benzene rings is 1. The van der Waals surface area contributed by atoms with E-state index in [1.54, 1.807) is 0 Å². The number of amides is 1. The Kier molecular flexibility index (Phi) is 4.50. The number of carbonyl (C=O) groups is 1. The van der Waals surface area contributed by atoms with Gasteiger partial charge in [0.25, 0.3) is 0 Å². The van der Waals surface area contributed by atoms with E-state index in [4.69, 9.17) is 0 Å². The maximum absolute atomic E-state index is 12.4. The number of aryl methyl sites for hydroxylation is 2. The molecule has 1 saturated carbocycles. The third-order valence-corrected chi connectivity index (χ3v) is 5.74.